The van der Waals surface area contributed by atoms with Crippen LogP contribution in [0.25, 0.3) is 0 Å². The van der Waals surface area contributed by atoms with E-state index in [2.05, 4.69) is 48.1 Å². The van der Waals surface area contributed by atoms with Crippen molar-refractivity contribution in [1.29, 1.82) is 0 Å². The van der Waals surface area contributed by atoms with Gasteiger partial charge in [0.25, 0.3) is 0 Å². The Hall–Kier alpha value is -0.410. The summed E-state index contributed by atoms with van der Waals surface area (Å²) < 4.78 is 14.4. The van der Waals surface area contributed by atoms with E-state index in [1.54, 1.807) is 0 Å². The van der Waals surface area contributed by atoms with Crippen LogP contribution in [0.5, 0.6) is 0 Å². The predicted molar refractivity (Wildman–Crippen MR) is 91.0 cm³/mol. The Balaban J connectivity index is 2.13. The van der Waals surface area contributed by atoms with Crippen LogP contribution in [-0.4, -0.2) is 13.1 Å². The van der Waals surface area contributed by atoms with Crippen LogP contribution < -0.4 is 5.32 Å². The lowest BCUT2D eigenvalue weighted by atomic mass is 9.65. The van der Waals surface area contributed by atoms with Crippen LogP contribution in [0, 0.1) is 23.1 Å². The van der Waals surface area contributed by atoms with Gasteiger partial charge < -0.3 is 5.32 Å². The Labute approximate surface area is 136 Å². The fourth-order valence-electron chi connectivity index (χ4n) is 3.62. The topological polar surface area (TPSA) is 12.0 Å². The smallest absolute Gasteiger partial charge is 0.137 e. The third kappa shape index (κ3) is 4.53. The van der Waals surface area contributed by atoms with Crippen molar-refractivity contribution in [3.05, 3.63) is 34.1 Å². The number of halogens is 2. The molecular weight excluding hydrogens is 329 g/mol. The zero-order valence-corrected chi connectivity index (χ0v) is 15.0. The summed E-state index contributed by atoms with van der Waals surface area (Å²) in [6.45, 7) is 9.00. The van der Waals surface area contributed by atoms with Crippen LogP contribution in [0.4, 0.5) is 4.39 Å². The van der Waals surface area contributed by atoms with Crippen molar-refractivity contribution in [2.24, 2.45) is 17.3 Å². The Bertz CT molecular complexity index is 472. The number of benzene rings is 1. The summed E-state index contributed by atoms with van der Waals surface area (Å²) in [5, 5.41) is 3.50. The van der Waals surface area contributed by atoms with Gasteiger partial charge in [-0.25, -0.2) is 4.39 Å². The molecule has 0 bridgehead atoms. The van der Waals surface area contributed by atoms with Crippen LogP contribution in [0.3, 0.4) is 0 Å². The summed E-state index contributed by atoms with van der Waals surface area (Å²) >= 11 is 3.42. The third-order valence-corrected chi connectivity index (χ3v) is 5.73. The summed E-state index contributed by atoms with van der Waals surface area (Å²) in [5.41, 5.74) is 1.52. The lowest BCUT2D eigenvalue weighted by Gasteiger charge is -2.41. The van der Waals surface area contributed by atoms with Crippen molar-refractivity contribution in [2.75, 3.05) is 13.1 Å². The number of rotatable bonds is 5. The molecule has 1 aliphatic rings. The van der Waals surface area contributed by atoms with Gasteiger partial charge in [0.15, 0.2) is 0 Å². The van der Waals surface area contributed by atoms with E-state index in [9.17, 15) is 4.39 Å². The SMILES string of the molecule is CCNCC1CCC(C)(C)CC1Cc1cccc(F)c1Br. The molecule has 0 amide bonds. The minimum Gasteiger partial charge on any atom is -0.317 e. The first kappa shape index (κ1) is 17.0. The highest BCUT2D eigenvalue weighted by atomic mass is 79.9. The lowest BCUT2D eigenvalue weighted by molar-refractivity contribution is 0.116. The fourth-order valence-corrected chi connectivity index (χ4v) is 4.04. The largest absolute Gasteiger partial charge is 0.317 e. The molecule has 0 aliphatic heterocycles. The van der Waals surface area contributed by atoms with Gasteiger partial charge in [0.05, 0.1) is 4.47 Å². The molecule has 2 unspecified atom stereocenters. The highest BCUT2D eigenvalue weighted by Crippen LogP contribution is 2.43. The zero-order chi connectivity index (χ0) is 15.5. The van der Waals surface area contributed by atoms with Crippen molar-refractivity contribution in [2.45, 2.75) is 46.5 Å². The van der Waals surface area contributed by atoms with E-state index in [0.717, 1.165) is 25.1 Å². The summed E-state index contributed by atoms with van der Waals surface area (Å²) in [6, 6.07) is 5.40. The molecule has 2 atom stereocenters. The Morgan fingerprint density at radius 2 is 2.10 bits per heavy atom. The number of hydrogen-bond acceptors (Lipinski definition) is 1. The summed E-state index contributed by atoms with van der Waals surface area (Å²) in [4.78, 5) is 0. The second kappa shape index (κ2) is 7.23. The normalized spacial score (nSPS) is 25.0. The molecule has 1 aromatic carbocycles. The first-order chi connectivity index (χ1) is 9.93. The lowest BCUT2D eigenvalue weighted by Crippen LogP contribution is -2.37. The predicted octanol–water partition coefficient (Wildman–Crippen LogP) is 5.18. The maximum Gasteiger partial charge on any atom is 0.137 e. The van der Waals surface area contributed by atoms with E-state index in [1.165, 1.54) is 25.3 Å². The average Bonchev–Trinajstić information content (AvgIpc) is 2.42. The molecule has 1 nitrogen and oxygen atoms in total. The summed E-state index contributed by atoms with van der Waals surface area (Å²) in [7, 11) is 0. The first-order valence-corrected chi connectivity index (χ1v) is 8.86. The average molecular weight is 356 g/mol. The fraction of sp³-hybridized carbons (Fsp3) is 0.667. The minimum absolute atomic E-state index is 0.147. The highest BCUT2D eigenvalue weighted by molar-refractivity contribution is 9.10. The first-order valence-electron chi connectivity index (χ1n) is 8.06. The Morgan fingerprint density at radius 1 is 1.33 bits per heavy atom. The van der Waals surface area contributed by atoms with E-state index in [-0.39, 0.29) is 5.82 Å². The second-order valence-electron chi connectivity index (χ2n) is 7.15. The molecule has 21 heavy (non-hydrogen) atoms. The molecule has 0 heterocycles. The van der Waals surface area contributed by atoms with Crippen LogP contribution in [0.1, 0.15) is 45.6 Å². The van der Waals surface area contributed by atoms with Gasteiger partial charge in [-0.3, -0.25) is 0 Å². The van der Waals surface area contributed by atoms with E-state index in [0.29, 0.717) is 21.7 Å². The van der Waals surface area contributed by atoms with Gasteiger partial charge in [-0.15, -0.1) is 0 Å². The van der Waals surface area contributed by atoms with Crippen molar-refractivity contribution < 1.29 is 4.39 Å². The van der Waals surface area contributed by atoms with Gasteiger partial charge in [-0.05, 0) is 83.6 Å². The Morgan fingerprint density at radius 3 is 2.81 bits per heavy atom. The second-order valence-corrected chi connectivity index (χ2v) is 7.94. The maximum absolute atomic E-state index is 13.7. The van der Waals surface area contributed by atoms with Crippen molar-refractivity contribution in [3.63, 3.8) is 0 Å². The number of hydrogen-bond donors (Lipinski definition) is 1. The van der Waals surface area contributed by atoms with Crippen molar-refractivity contribution in [1.82, 2.24) is 5.32 Å². The molecule has 0 radical (unpaired) electrons. The third-order valence-electron chi connectivity index (χ3n) is 4.84. The quantitative estimate of drug-likeness (QED) is 0.766. The summed E-state index contributed by atoms with van der Waals surface area (Å²) in [6.07, 6.45) is 4.77. The molecule has 1 N–H and O–H groups in total. The minimum atomic E-state index is -0.147. The van der Waals surface area contributed by atoms with Gasteiger partial charge in [-0.2, -0.15) is 0 Å². The monoisotopic (exact) mass is 355 g/mol. The molecule has 1 aliphatic carbocycles. The van der Waals surface area contributed by atoms with Gasteiger partial charge in [0.2, 0.25) is 0 Å². The van der Waals surface area contributed by atoms with Crippen LogP contribution in [0.15, 0.2) is 22.7 Å². The standard InChI is InChI=1S/C18H27BrFN/c1-4-21-12-14-8-9-18(2,3)11-15(14)10-13-6-5-7-16(20)17(13)19/h5-7,14-15,21H,4,8-12H2,1-3H3. The van der Waals surface area contributed by atoms with E-state index in [4.69, 9.17) is 0 Å². The van der Waals surface area contributed by atoms with Crippen LogP contribution >= 0.6 is 15.9 Å². The molecule has 2 rings (SSSR count). The molecule has 118 valence electrons. The molecular formula is C18H27BrFN. The molecule has 1 aromatic rings. The number of nitrogens with one attached hydrogen (secondary N) is 1. The zero-order valence-electron chi connectivity index (χ0n) is 13.4. The van der Waals surface area contributed by atoms with Crippen molar-refractivity contribution in [3.8, 4) is 0 Å². The molecule has 1 fully saturated rings. The maximum atomic E-state index is 13.7. The molecule has 3 heteroatoms. The van der Waals surface area contributed by atoms with Crippen LogP contribution in [-0.2, 0) is 6.42 Å². The highest BCUT2D eigenvalue weighted by Gasteiger charge is 2.34. The van der Waals surface area contributed by atoms with E-state index < -0.39 is 0 Å². The molecule has 0 spiro atoms. The summed E-state index contributed by atoms with van der Waals surface area (Å²) in [5.74, 6) is 1.19. The Kier molecular flexibility index (Phi) is 5.84. The van der Waals surface area contributed by atoms with Gasteiger partial charge >= 0.3 is 0 Å². The van der Waals surface area contributed by atoms with Gasteiger partial charge in [-0.1, -0.05) is 32.9 Å². The molecule has 1 saturated carbocycles. The van der Waals surface area contributed by atoms with Gasteiger partial charge in [0.1, 0.15) is 5.82 Å². The van der Waals surface area contributed by atoms with E-state index in [1.807, 2.05) is 6.07 Å². The molecule has 0 aromatic heterocycles. The van der Waals surface area contributed by atoms with Crippen LogP contribution in [0.2, 0.25) is 0 Å². The van der Waals surface area contributed by atoms with Crippen molar-refractivity contribution >= 4 is 15.9 Å². The van der Waals surface area contributed by atoms with E-state index >= 15 is 0 Å². The molecule has 0 saturated heterocycles. The van der Waals surface area contributed by atoms with Gasteiger partial charge in [0, 0.05) is 0 Å².